The van der Waals surface area contributed by atoms with Gasteiger partial charge in [-0.1, -0.05) is 19.9 Å². The van der Waals surface area contributed by atoms with Gasteiger partial charge in [0, 0.05) is 24.3 Å². The number of fused-ring (bicyclic) bond motifs is 1. The molecule has 0 bridgehead atoms. The maximum atomic E-state index is 12.9. The van der Waals surface area contributed by atoms with E-state index in [9.17, 15) is 9.59 Å². The number of amides is 1. The van der Waals surface area contributed by atoms with E-state index in [0.717, 1.165) is 6.42 Å². The molecule has 2 aliphatic heterocycles. The molecular formula is C19H24N6O2. The number of hydrogen-bond acceptors (Lipinski definition) is 6. The molecule has 1 amide bonds. The lowest BCUT2D eigenvalue weighted by molar-refractivity contribution is -0.134. The molecule has 0 saturated carbocycles. The molecule has 0 aromatic carbocycles. The average molecular weight is 368 g/mol. The van der Waals surface area contributed by atoms with Gasteiger partial charge in [0.25, 0.3) is 5.56 Å². The minimum Gasteiger partial charge on any atom is -0.335 e. The number of nitrogens with one attached hydrogen (secondary N) is 3. The van der Waals surface area contributed by atoms with Crippen molar-refractivity contribution in [2.24, 2.45) is 5.92 Å². The van der Waals surface area contributed by atoms with Crippen molar-refractivity contribution in [2.45, 2.75) is 45.3 Å². The Kier molecular flexibility index (Phi) is 4.75. The molecule has 8 heteroatoms. The number of hydrogen-bond donors (Lipinski definition) is 3. The Morgan fingerprint density at radius 1 is 1.30 bits per heavy atom. The zero-order chi connectivity index (χ0) is 19.0. The van der Waals surface area contributed by atoms with Crippen LogP contribution >= 0.6 is 0 Å². The lowest BCUT2D eigenvalue weighted by atomic mass is 9.98. The first kappa shape index (κ1) is 17.8. The van der Waals surface area contributed by atoms with E-state index >= 15 is 0 Å². The summed E-state index contributed by atoms with van der Waals surface area (Å²) < 4.78 is 0. The summed E-state index contributed by atoms with van der Waals surface area (Å²) >= 11 is 0. The van der Waals surface area contributed by atoms with Gasteiger partial charge >= 0.3 is 0 Å². The molecule has 1 saturated heterocycles. The van der Waals surface area contributed by atoms with Gasteiger partial charge in [0.15, 0.2) is 5.82 Å². The van der Waals surface area contributed by atoms with E-state index in [1.165, 1.54) is 0 Å². The van der Waals surface area contributed by atoms with Gasteiger partial charge in [-0.05, 0) is 30.9 Å². The first-order chi connectivity index (χ1) is 13.0. The van der Waals surface area contributed by atoms with E-state index in [1.54, 1.807) is 17.2 Å². The molecule has 3 N–H and O–H groups in total. The number of pyridine rings is 1. The molecule has 2 aliphatic rings. The van der Waals surface area contributed by atoms with Crippen LogP contribution in [-0.4, -0.2) is 44.4 Å². The van der Waals surface area contributed by atoms with Gasteiger partial charge in [-0.25, -0.2) is 10.4 Å². The highest BCUT2D eigenvalue weighted by molar-refractivity contribution is 5.82. The third-order valence-corrected chi connectivity index (χ3v) is 5.33. The van der Waals surface area contributed by atoms with Crippen LogP contribution in [0.25, 0.3) is 11.5 Å². The fourth-order valence-corrected chi connectivity index (χ4v) is 3.65. The van der Waals surface area contributed by atoms with Crippen molar-refractivity contribution in [2.75, 3.05) is 6.54 Å². The standard InChI is InChI=1S/C19H24N6O2/c1-11(2)14-9-15(24-23-14)19(27)25-8-6-12-16(10-25)21-17(22-18(12)26)13-5-3-4-7-20-13/h3-5,7,11,14-15,23-24H,6,8-10H2,1-2H3,(H,21,22,26). The normalized spacial score (nSPS) is 22.1. The molecule has 4 rings (SSSR count). The van der Waals surface area contributed by atoms with Gasteiger partial charge in [-0.2, -0.15) is 0 Å². The molecule has 0 aliphatic carbocycles. The number of aromatic amines is 1. The van der Waals surface area contributed by atoms with Crippen LogP contribution in [0.15, 0.2) is 29.2 Å². The highest BCUT2D eigenvalue weighted by atomic mass is 16.2. The molecular weight excluding hydrogens is 344 g/mol. The second-order valence-corrected chi connectivity index (χ2v) is 7.49. The third-order valence-electron chi connectivity index (χ3n) is 5.33. The summed E-state index contributed by atoms with van der Waals surface area (Å²) in [6.07, 6.45) is 2.94. The molecule has 2 aromatic rings. The minimum atomic E-state index is -0.240. The van der Waals surface area contributed by atoms with Crippen LogP contribution in [0.5, 0.6) is 0 Å². The number of carbonyl (C=O) groups excluding carboxylic acids is 1. The second kappa shape index (κ2) is 7.21. The molecule has 2 aromatic heterocycles. The Balaban J connectivity index is 1.55. The van der Waals surface area contributed by atoms with Crippen LogP contribution < -0.4 is 16.4 Å². The molecule has 142 valence electrons. The van der Waals surface area contributed by atoms with E-state index in [-0.39, 0.29) is 23.6 Å². The zero-order valence-corrected chi connectivity index (χ0v) is 15.5. The number of H-pyrrole nitrogens is 1. The van der Waals surface area contributed by atoms with Crippen molar-refractivity contribution in [3.63, 3.8) is 0 Å². The number of aromatic nitrogens is 3. The Bertz CT molecular complexity index is 895. The van der Waals surface area contributed by atoms with Crippen LogP contribution in [0.4, 0.5) is 0 Å². The molecule has 4 heterocycles. The molecule has 27 heavy (non-hydrogen) atoms. The fraction of sp³-hybridized carbons (Fsp3) is 0.474. The highest BCUT2D eigenvalue weighted by Gasteiger charge is 2.35. The van der Waals surface area contributed by atoms with Crippen LogP contribution in [-0.2, 0) is 17.8 Å². The van der Waals surface area contributed by atoms with Gasteiger partial charge in [0.1, 0.15) is 11.7 Å². The highest BCUT2D eigenvalue weighted by Crippen LogP contribution is 2.20. The molecule has 2 atom stereocenters. The number of carbonyl (C=O) groups is 1. The van der Waals surface area contributed by atoms with Gasteiger partial charge in [-0.3, -0.25) is 20.0 Å². The number of hydrazine groups is 1. The predicted octanol–water partition coefficient (Wildman–Crippen LogP) is 0.608. The monoisotopic (exact) mass is 368 g/mol. The summed E-state index contributed by atoms with van der Waals surface area (Å²) in [6.45, 7) is 5.16. The van der Waals surface area contributed by atoms with E-state index < -0.39 is 0 Å². The Morgan fingerprint density at radius 2 is 2.15 bits per heavy atom. The number of rotatable bonds is 3. The van der Waals surface area contributed by atoms with E-state index in [0.29, 0.717) is 48.2 Å². The van der Waals surface area contributed by atoms with Crippen molar-refractivity contribution in [1.29, 1.82) is 0 Å². The lowest BCUT2D eigenvalue weighted by Gasteiger charge is -2.29. The summed E-state index contributed by atoms with van der Waals surface area (Å²) in [5, 5.41) is 0. The Morgan fingerprint density at radius 3 is 2.85 bits per heavy atom. The summed E-state index contributed by atoms with van der Waals surface area (Å²) in [5.74, 6) is 0.950. The van der Waals surface area contributed by atoms with Crippen LogP contribution in [0, 0.1) is 5.92 Å². The molecule has 8 nitrogen and oxygen atoms in total. The first-order valence-corrected chi connectivity index (χ1v) is 9.36. The maximum Gasteiger partial charge on any atom is 0.254 e. The molecule has 2 unspecified atom stereocenters. The van der Waals surface area contributed by atoms with Crippen molar-refractivity contribution in [3.8, 4) is 11.5 Å². The van der Waals surface area contributed by atoms with Gasteiger partial charge in [-0.15, -0.1) is 0 Å². The zero-order valence-electron chi connectivity index (χ0n) is 15.5. The first-order valence-electron chi connectivity index (χ1n) is 9.36. The second-order valence-electron chi connectivity index (χ2n) is 7.49. The van der Waals surface area contributed by atoms with Gasteiger partial charge in [0.05, 0.1) is 12.2 Å². The topological polar surface area (TPSA) is 103 Å². The van der Waals surface area contributed by atoms with E-state index in [4.69, 9.17) is 0 Å². The van der Waals surface area contributed by atoms with Crippen LogP contribution in [0.3, 0.4) is 0 Å². The van der Waals surface area contributed by atoms with Crippen molar-refractivity contribution >= 4 is 5.91 Å². The van der Waals surface area contributed by atoms with Crippen molar-refractivity contribution in [3.05, 3.63) is 46.0 Å². The minimum absolute atomic E-state index is 0.0535. The summed E-state index contributed by atoms with van der Waals surface area (Å²) in [4.78, 5) is 38.8. The number of nitrogens with zero attached hydrogens (tertiary/aromatic N) is 3. The lowest BCUT2D eigenvalue weighted by Crippen LogP contribution is -2.48. The summed E-state index contributed by atoms with van der Waals surface area (Å²) in [5.41, 5.74) is 8.12. The Labute approximate surface area is 157 Å². The SMILES string of the molecule is CC(C)C1CC(C(=O)N2CCc3c(nc(-c4ccccn4)[nH]c3=O)C2)NN1. The van der Waals surface area contributed by atoms with E-state index in [1.807, 2.05) is 12.1 Å². The van der Waals surface area contributed by atoms with Gasteiger partial charge < -0.3 is 9.88 Å². The molecule has 0 spiro atoms. The predicted molar refractivity (Wildman–Crippen MR) is 101 cm³/mol. The fourth-order valence-electron chi connectivity index (χ4n) is 3.65. The summed E-state index contributed by atoms with van der Waals surface area (Å²) in [6, 6.07) is 5.51. The van der Waals surface area contributed by atoms with Gasteiger partial charge in [0.2, 0.25) is 5.91 Å². The summed E-state index contributed by atoms with van der Waals surface area (Å²) in [7, 11) is 0. The van der Waals surface area contributed by atoms with Crippen LogP contribution in [0.1, 0.15) is 31.5 Å². The van der Waals surface area contributed by atoms with Crippen LogP contribution in [0.2, 0.25) is 0 Å². The quantitative estimate of drug-likeness (QED) is 0.733. The maximum absolute atomic E-state index is 12.9. The van der Waals surface area contributed by atoms with E-state index in [2.05, 4.69) is 39.7 Å². The molecule has 0 radical (unpaired) electrons. The molecule has 1 fully saturated rings. The van der Waals surface area contributed by atoms with Crippen molar-refractivity contribution < 1.29 is 4.79 Å². The average Bonchev–Trinajstić information content (AvgIpc) is 3.18. The third kappa shape index (κ3) is 3.50. The largest absolute Gasteiger partial charge is 0.335 e. The Hall–Kier alpha value is -2.58. The van der Waals surface area contributed by atoms with Crippen molar-refractivity contribution in [1.82, 2.24) is 30.7 Å². The smallest absolute Gasteiger partial charge is 0.254 e.